The maximum absolute atomic E-state index is 13.0. The zero-order chi connectivity index (χ0) is 23.1. The number of pyridine rings is 1. The summed E-state index contributed by atoms with van der Waals surface area (Å²) in [6.07, 6.45) is 8.81. The number of benzene rings is 1. The first-order valence-electron chi connectivity index (χ1n) is 11.3. The number of sulfonamides is 1. The predicted molar refractivity (Wildman–Crippen MR) is 125 cm³/mol. The van der Waals surface area contributed by atoms with Crippen molar-refractivity contribution in [3.63, 3.8) is 0 Å². The molecule has 0 saturated carbocycles. The molecule has 0 aliphatic carbocycles. The fraction of sp³-hybridized carbons (Fsp3) is 0.360. The normalized spacial score (nSPS) is 14.8. The number of carbonyl (C=O) groups excluding carboxylic acids is 1. The molecular formula is C25H29N3O4S. The standard InChI is InChI=1S/C25H29N3O4S/c29-25(27(20-23-7-5-17-32-23)19-22-6-4-14-26-18-22)13-10-21-8-11-24(12-9-21)33(30,31)28-15-2-1-3-16-28/h4-9,11-12,14,17-18H,1-3,10,13,15-16,19-20H2. The highest BCUT2D eigenvalue weighted by molar-refractivity contribution is 7.89. The highest BCUT2D eigenvalue weighted by atomic mass is 32.2. The monoisotopic (exact) mass is 467 g/mol. The van der Waals surface area contributed by atoms with E-state index in [9.17, 15) is 13.2 Å². The van der Waals surface area contributed by atoms with Crippen molar-refractivity contribution in [2.45, 2.75) is 50.1 Å². The molecule has 1 fully saturated rings. The van der Waals surface area contributed by atoms with Gasteiger partial charge in [0.15, 0.2) is 0 Å². The Morgan fingerprint density at radius 1 is 0.970 bits per heavy atom. The first-order valence-corrected chi connectivity index (χ1v) is 12.7. The van der Waals surface area contributed by atoms with Crippen molar-refractivity contribution < 1.29 is 17.6 Å². The van der Waals surface area contributed by atoms with Crippen LogP contribution in [0, 0.1) is 0 Å². The number of furan rings is 1. The minimum atomic E-state index is -3.45. The molecule has 8 heteroatoms. The molecule has 0 spiro atoms. The summed E-state index contributed by atoms with van der Waals surface area (Å²) in [4.78, 5) is 19.2. The minimum absolute atomic E-state index is 0.000248. The molecule has 0 unspecified atom stereocenters. The van der Waals surface area contributed by atoms with Crippen molar-refractivity contribution >= 4 is 15.9 Å². The molecule has 174 valence electrons. The third-order valence-corrected chi connectivity index (χ3v) is 7.79. The van der Waals surface area contributed by atoms with Crippen molar-refractivity contribution in [2.24, 2.45) is 0 Å². The maximum atomic E-state index is 13.0. The lowest BCUT2D eigenvalue weighted by Crippen LogP contribution is -2.35. The Morgan fingerprint density at radius 3 is 2.42 bits per heavy atom. The Labute approximate surface area is 195 Å². The molecule has 3 heterocycles. The second-order valence-corrected chi connectivity index (χ2v) is 10.2. The van der Waals surface area contributed by atoms with Crippen molar-refractivity contribution in [1.82, 2.24) is 14.2 Å². The first-order chi connectivity index (χ1) is 16.0. The molecule has 2 aromatic heterocycles. The van der Waals surface area contributed by atoms with Gasteiger partial charge in [-0.05, 0) is 60.7 Å². The van der Waals surface area contributed by atoms with Gasteiger partial charge in [0.25, 0.3) is 0 Å². The van der Waals surface area contributed by atoms with Crippen LogP contribution in [-0.4, -0.2) is 41.6 Å². The number of carbonyl (C=O) groups is 1. The van der Waals surface area contributed by atoms with E-state index in [-0.39, 0.29) is 5.91 Å². The second-order valence-electron chi connectivity index (χ2n) is 8.30. The summed E-state index contributed by atoms with van der Waals surface area (Å²) in [6.45, 7) is 2.00. The molecule has 1 saturated heterocycles. The quantitative estimate of drug-likeness (QED) is 0.475. The maximum Gasteiger partial charge on any atom is 0.243 e. The summed E-state index contributed by atoms with van der Waals surface area (Å²) < 4.78 is 32.7. The van der Waals surface area contributed by atoms with Crippen LogP contribution in [0.2, 0.25) is 0 Å². The van der Waals surface area contributed by atoms with Gasteiger partial charge in [0.1, 0.15) is 5.76 Å². The topological polar surface area (TPSA) is 83.7 Å². The SMILES string of the molecule is O=C(CCc1ccc(S(=O)(=O)N2CCCCC2)cc1)N(Cc1cccnc1)Cc1ccco1. The number of rotatable bonds is 9. The first kappa shape index (κ1) is 23.2. The van der Waals surface area contributed by atoms with E-state index in [0.29, 0.717) is 43.9 Å². The van der Waals surface area contributed by atoms with Crippen molar-refractivity contribution in [3.05, 3.63) is 84.1 Å². The van der Waals surface area contributed by atoms with E-state index in [1.54, 1.807) is 40.0 Å². The largest absolute Gasteiger partial charge is 0.467 e. The van der Waals surface area contributed by atoms with Gasteiger partial charge in [-0.2, -0.15) is 4.31 Å². The van der Waals surface area contributed by atoms with Crippen molar-refractivity contribution in [1.29, 1.82) is 0 Å². The van der Waals surface area contributed by atoms with Gasteiger partial charge >= 0.3 is 0 Å². The van der Waals surface area contributed by atoms with Crippen molar-refractivity contribution in [3.8, 4) is 0 Å². The Kier molecular flexibility index (Phi) is 7.57. The van der Waals surface area contributed by atoms with Gasteiger partial charge in [0, 0.05) is 38.4 Å². The number of hydrogen-bond donors (Lipinski definition) is 0. The van der Waals surface area contributed by atoms with Gasteiger partial charge in [-0.3, -0.25) is 9.78 Å². The molecule has 0 atom stereocenters. The van der Waals surface area contributed by atoms with Crippen LogP contribution in [0.25, 0.3) is 0 Å². The Balaban J connectivity index is 1.39. The van der Waals surface area contributed by atoms with Crippen LogP contribution >= 0.6 is 0 Å². The summed E-state index contributed by atoms with van der Waals surface area (Å²) >= 11 is 0. The minimum Gasteiger partial charge on any atom is -0.467 e. The molecule has 4 rings (SSSR count). The number of aryl methyl sites for hydroxylation is 1. The van der Waals surface area contributed by atoms with E-state index in [1.807, 2.05) is 36.4 Å². The fourth-order valence-electron chi connectivity index (χ4n) is 4.03. The fourth-order valence-corrected chi connectivity index (χ4v) is 5.54. The Bertz CT molecular complexity index is 1120. The molecule has 1 aromatic carbocycles. The molecule has 1 aliphatic heterocycles. The van der Waals surface area contributed by atoms with Crippen LogP contribution < -0.4 is 0 Å². The second kappa shape index (κ2) is 10.8. The van der Waals surface area contributed by atoms with Gasteiger partial charge in [-0.15, -0.1) is 0 Å². The molecule has 33 heavy (non-hydrogen) atoms. The van der Waals surface area contributed by atoms with Gasteiger partial charge in [0.2, 0.25) is 15.9 Å². The Morgan fingerprint density at radius 2 is 1.76 bits per heavy atom. The average Bonchev–Trinajstić information content (AvgIpc) is 3.37. The summed E-state index contributed by atoms with van der Waals surface area (Å²) in [5.41, 5.74) is 1.88. The van der Waals surface area contributed by atoms with Crippen molar-refractivity contribution in [2.75, 3.05) is 13.1 Å². The summed E-state index contributed by atoms with van der Waals surface area (Å²) in [5, 5.41) is 0. The van der Waals surface area contributed by atoms with Gasteiger partial charge < -0.3 is 9.32 Å². The van der Waals surface area contributed by atoms with E-state index in [0.717, 1.165) is 36.1 Å². The Hall–Kier alpha value is -2.97. The average molecular weight is 468 g/mol. The van der Waals surface area contributed by atoms with E-state index in [4.69, 9.17) is 4.42 Å². The highest BCUT2D eigenvalue weighted by Crippen LogP contribution is 2.21. The lowest BCUT2D eigenvalue weighted by Gasteiger charge is -2.26. The van der Waals surface area contributed by atoms with Gasteiger partial charge in [0.05, 0.1) is 17.7 Å². The van der Waals surface area contributed by atoms with E-state index >= 15 is 0 Å². The summed E-state index contributed by atoms with van der Waals surface area (Å²) in [6, 6.07) is 14.4. The zero-order valence-corrected chi connectivity index (χ0v) is 19.4. The number of piperidine rings is 1. The lowest BCUT2D eigenvalue weighted by atomic mass is 10.1. The zero-order valence-electron chi connectivity index (χ0n) is 18.6. The van der Waals surface area contributed by atoms with E-state index in [2.05, 4.69) is 4.98 Å². The predicted octanol–water partition coefficient (Wildman–Crippen LogP) is 4.01. The third kappa shape index (κ3) is 6.09. The molecule has 1 amide bonds. The lowest BCUT2D eigenvalue weighted by molar-refractivity contribution is -0.132. The highest BCUT2D eigenvalue weighted by Gasteiger charge is 2.25. The van der Waals surface area contributed by atoms with E-state index < -0.39 is 10.0 Å². The van der Waals surface area contributed by atoms with E-state index in [1.165, 1.54) is 0 Å². The van der Waals surface area contributed by atoms with Crippen LogP contribution in [0.4, 0.5) is 0 Å². The summed E-state index contributed by atoms with van der Waals surface area (Å²) in [7, 11) is -3.45. The van der Waals surface area contributed by atoms with Crippen LogP contribution in [0.1, 0.15) is 42.6 Å². The van der Waals surface area contributed by atoms with Crippen LogP contribution in [0.5, 0.6) is 0 Å². The van der Waals surface area contributed by atoms with Crippen LogP contribution in [0.3, 0.4) is 0 Å². The molecule has 0 N–H and O–H groups in total. The van der Waals surface area contributed by atoms with Gasteiger partial charge in [-0.25, -0.2) is 8.42 Å². The van der Waals surface area contributed by atoms with Crippen LogP contribution in [0.15, 0.2) is 76.5 Å². The summed E-state index contributed by atoms with van der Waals surface area (Å²) in [5.74, 6) is 0.722. The molecule has 3 aromatic rings. The molecule has 7 nitrogen and oxygen atoms in total. The molecular weight excluding hydrogens is 438 g/mol. The van der Waals surface area contributed by atoms with Crippen LogP contribution in [-0.2, 0) is 34.3 Å². The number of amides is 1. The number of hydrogen-bond acceptors (Lipinski definition) is 5. The third-order valence-electron chi connectivity index (χ3n) is 5.88. The number of aromatic nitrogens is 1. The van der Waals surface area contributed by atoms with Gasteiger partial charge in [-0.1, -0.05) is 24.6 Å². The molecule has 0 bridgehead atoms. The smallest absolute Gasteiger partial charge is 0.243 e. The number of nitrogens with zero attached hydrogens (tertiary/aromatic N) is 3. The molecule has 0 radical (unpaired) electrons. The molecule has 1 aliphatic rings.